The average Bonchev–Trinajstić information content (AvgIpc) is 3.63. The Labute approximate surface area is 309 Å². The molecule has 1 aromatic carbocycles. The molecular formula is C36H52N7O9P. The number of benzene rings is 1. The van der Waals surface area contributed by atoms with Crippen molar-refractivity contribution >= 4 is 36.7 Å². The van der Waals surface area contributed by atoms with Crippen molar-refractivity contribution < 1.29 is 42.7 Å². The summed E-state index contributed by atoms with van der Waals surface area (Å²) in [5.74, 6) is -0.590. The van der Waals surface area contributed by atoms with Crippen molar-refractivity contribution in [3.63, 3.8) is 0 Å². The lowest BCUT2D eigenvalue weighted by Gasteiger charge is -2.30. The molecule has 5 N–H and O–H groups in total. The molecular weight excluding hydrogens is 705 g/mol. The highest BCUT2D eigenvalue weighted by Crippen LogP contribution is 2.46. The maximum absolute atomic E-state index is 14.9. The molecule has 3 fully saturated rings. The zero-order valence-electron chi connectivity index (χ0n) is 30.9. The molecule has 290 valence electrons. The van der Waals surface area contributed by atoms with Crippen molar-refractivity contribution in [3.05, 3.63) is 41.7 Å². The fourth-order valence-electron chi connectivity index (χ4n) is 7.42. The van der Waals surface area contributed by atoms with E-state index in [0.29, 0.717) is 22.6 Å². The molecule has 0 radical (unpaired) electrons. The number of aliphatic hydroxyl groups is 1. The molecule has 53 heavy (non-hydrogen) atoms. The molecule has 6 unspecified atom stereocenters. The normalized spacial score (nSPS) is 25.1. The topological polar surface area (TPSA) is 211 Å². The molecule has 6 atom stereocenters. The Morgan fingerprint density at radius 1 is 1.00 bits per heavy atom. The summed E-state index contributed by atoms with van der Waals surface area (Å²) in [5, 5.41) is 17.4. The number of rotatable bonds is 14. The SMILES string of the molecule is COc1nc(N)nc2c1nc(C)n2C1OC(COP(=O)(NC(C)C(=O)OC2CCCCC2)NC(C(=O)OC2CCCCC2)c2ccccc2)CC1(C)O. The summed E-state index contributed by atoms with van der Waals surface area (Å²) in [6.45, 7) is 4.59. The lowest BCUT2D eigenvalue weighted by atomic mass is 9.97. The molecule has 0 spiro atoms. The van der Waals surface area contributed by atoms with E-state index in [-0.39, 0.29) is 37.1 Å². The first kappa shape index (κ1) is 39.0. The van der Waals surface area contributed by atoms with Gasteiger partial charge in [-0.2, -0.15) is 9.97 Å². The molecule has 16 nitrogen and oxygen atoms in total. The number of carbonyl (C=O) groups excluding carboxylic acids is 2. The summed E-state index contributed by atoms with van der Waals surface area (Å²) in [7, 11) is -2.84. The minimum absolute atomic E-state index is 0.0442. The smallest absolute Gasteiger partial charge is 0.342 e. The van der Waals surface area contributed by atoms with E-state index in [2.05, 4.69) is 25.1 Å². The third kappa shape index (κ3) is 9.35. The van der Waals surface area contributed by atoms with Crippen LogP contribution in [0.4, 0.5) is 5.95 Å². The molecule has 2 aromatic heterocycles. The van der Waals surface area contributed by atoms with E-state index in [9.17, 15) is 19.3 Å². The lowest BCUT2D eigenvalue weighted by Crippen LogP contribution is -2.42. The van der Waals surface area contributed by atoms with Crippen molar-refractivity contribution in [2.24, 2.45) is 0 Å². The minimum Gasteiger partial charge on any atom is -0.479 e. The Kier molecular flexibility index (Phi) is 12.4. The molecule has 3 aromatic rings. The first-order chi connectivity index (χ1) is 25.4. The number of hydrogen-bond donors (Lipinski definition) is 4. The van der Waals surface area contributed by atoms with Gasteiger partial charge in [0, 0.05) is 6.42 Å². The van der Waals surface area contributed by atoms with E-state index >= 15 is 0 Å². The van der Waals surface area contributed by atoms with Crippen molar-refractivity contribution in [1.82, 2.24) is 29.7 Å². The minimum atomic E-state index is -4.29. The van der Waals surface area contributed by atoms with Gasteiger partial charge in [0.25, 0.3) is 0 Å². The Morgan fingerprint density at radius 2 is 1.62 bits per heavy atom. The number of imidazole rings is 1. The number of anilines is 1. The highest BCUT2D eigenvalue weighted by atomic mass is 31.2. The van der Waals surface area contributed by atoms with Gasteiger partial charge in [0.1, 0.15) is 35.7 Å². The predicted molar refractivity (Wildman–Crippen MR) is 195 cm³/mol. The van der Waals surface area contributed by atoms with Crippen LogP contribution in [0.2, 0.25) is 0 Å². The van der Waals surface area contributed by atoms with Gasteiger partial charge in [-0.15, -0.1) is 0 Å². The quantitative estimate of drug-likeness (QED) is 0.127. The second-order valence-electron chi connectivity index (χ2n) is 14.5. The molecule has 2 aliphatic carbocycles. The molecule has 6 rings (SSSR count). The summed E-state index contributed by atoms with van der Waals surface area (Å²) < 4.78 is 46.1. The van der Waals surface area contributed by atoms with E-state index in [1.54, 1.807) is 49.6 Å². The first-order valence-electron chi connectivity index (χ1n) is 18.6. The van der Waals surface area contributed by atoms with E-state index in [0.717, 1.165) is 64.2 Å². The highest BCUT2D eigenvalue weighted by Gasteiger charge is 2.48. The van der Waals surface area contributed by atoms with Gasteiger partial charge in [-0.1, -0.05) is 43.2 Å². The number of nitrogen functional groups attached to an aromatic ring is 1. The number of aromatic nitrogens is 4. The van der Waals surface area contributed by atoms with Gasteiger partial charge in [0.15, 0.2) is 17.4 Å². The number of ether oxygens (including phenoxy) is 4. The number of esters is 2. The van der Waals surface area contributed by atoms with Crippen LogP contribution in [0.3, 0.4) is 0 Å². The number of nitrogens with one attached hydrogen (secondary N) is 2. The number of hydrogen-bond acceptors (Lipinski definition) is 13. The van der Waals surface area contributed by atoms with Gasteiger partial charge in [-0.25, -0.2) is 20.0 Å². The number of carbonyl (C=O) groups is 2. The third-order valence-corrected chi connectivity index (χ3v) is 12.0. The summed E-state index contributed by atoms with van der Waals surface area (Å²) in [4.78, 5) is 40.1. The third-order valence-electron chi connectivity index (χ3n) is 10.1. The second-order valence-corrected chi connectivity index (χ2v) is 16.4. The number of fused-ring (bicyclic) bond motifs is 1. The van der Waals surface area contributed by atoms with Crippen molar-refractivity contribution in [1.29, 1.82) is 0 Å². The van der Waals surface area contributed by atoms with E-state index in [1.165, 1.54) is 7.11 Å². The van der Waals surface area contributed by atoms with Crippen molar-refractivity contribution in [2.45, 2.75) is 134 Å². The van der Waals surface area contributed by atoms with Gasteiger partial charge in [-0.05, 0) is 77.7 Å². The van der Waals surface area contributed by atoms with E-state index in [1.807, 2.05) is 6.07 Å². The van der Waals surface area contributed by atoms with Crippen molar-refractivity contribution in [3.8, 4) is 5.88 Å². The summed E-state index contributed by atoms with van der Waals surface area (Å²) >= 11 is 0. The van der Waals surface area contributed by atoms with Gasteiger partial charge < -0.3 is 34.3 Å². The molecule has 2 saturated carbocycles. The van der Waals surface area contributed by atoms with Crippen LogP contribution in [0.1, 0.15) is 108 Å². The maximum atomic E-state index is 14.9. The lowest BCUT2D eigenvalue weighted by molar-refractivity contribution is -0.153. The maximum Gasteiger partial charge on any atom is 0.342 e. The van der Waals surface area contributed by atoms with Crippen LogP contribution in [-0.2, 0) is 32.9 Å². The standard InChI is InChI=1S/C36H52N7O9P/c1-22(32(44)50-25-16-10-6-11-17-25)41-53(47,42-28(24-14-8-5-9-15-24)33(45)51-26-18-12-7-13-19-26)49-21-27-20-36(3,46)34(52-27)43-23(2)38-29-30(43)39-35(37)40-31(29)48-4/h5,8-9,14-15,22,25-28,34,46H,6-7,10-13,16-21H2,1-4H3,(H2,37,39,40)(H2,41,42,47). The average molecular weight is 758 g/mol. The molecule has 3 heterocycles. The van der Waals surface area contributed by atoms with Crippen LogP contribution in [0.15, 0.2) is 30.3 Å². The predicted octanol–water partition coefficient (Wildman–Crippen LogP) is 4.95. The zero-order chi connectivity index (χ0) is 37.8. The second kappa shape index (κ2) is 16.8. The molecule has 1 saturated heterocycles. The van der Waals surface area contributed by atoms with Gasteiger partial charge >= 0.3 is 19.6 Å². The Balaban J connectivity index is 1.24. The molecule has 17 heteroatoms. The summed E-state index contributed by atoms with van der Waals surface area (Å²) in [6.07, 6.45) is 6.89. The van der Waals surface area contributed by atoms with Crippen LogP contribution in [-0.4, -0.2) is 80.2 Å². The largest absolute Gasteiger partial charge is 0.479 e. The molecule has 0 bridgehead atoms. The highest BCUT2D eigenvalue weighted by molar-refractivity contribution is 7.54. The van der Waals surface area contributed by atoms with E-state index in [4.69, 9.17) is 29.2 Å². The zero-order valence-corrected chi connectivity index (χ0v) is 31.8. The number of aryl methyl sites for hydroxylation is 1. The first-order valence-corrected chi connectivity index (χ1v) is 20.2. The van der Waals surface area contributed by atoms with Crippen LogP contribution in [0.5, 0.6) is 5.88 Å². The van der Waals surface area contributed by atoms with Gasteiger partial charge in [0.05, 0.1) is 19.8 Å². The molecule has 0 amide bonds. The fourth-order valence-corrected chi connectivity index (χ4v) is 9.23. The molecule has 3 aliphatic rings. The summed E-state index contributed by atoms with van der Waals surface area (Å²) in [5.41, 5.74) is 5.66. The summed E-state index contributed by atoms with van der Waals surface area (Å²) in [6, 6.07) is 6.55. The van der Waals surface area contributed by atoms with Gasteiger partial charge in [0.2, 0.25) is 11.8 Å². The van der Waals surface area contributed by atoms with Crippen molar-refractivity contribution in [2.75, 3.05) is 19.5 Å². The fraction of sp³-hybridized carbons (Fsp3) is 0.639. The van der Waals surface area contributed by atoms with Crippen LogP contribution in [0.25, 0.3) is 11.2 Å². The Morgan fingerprint density at radius 3 is 2.25 bits per heavy atom. The van der Waals surface area contributed by atoms with Gasteiger partial charge in [-0.3, -0.25) is 13.9 Å². The Bertz CT molecular complexity index is 1780. The van der Waals surface area contributed by atoms with Crippen LogP contribution < -0.4 is 20.6 Å². The van der Waals surface area contributed by atoms with Crippen LogP contribution in [0, 0.1) is 6.92 Å². The number of methoxy groups -OCH3 is 1. The monoisotopic (exact) mass is 757 g/mol. The number of nitrogens with zero attached hydrogens (tertiary/aromatic N) is 4. The van der Waals surface area contributed by atoms with E-state index < -0.39 is 49.6 Å². The molecule has 1 aliphatic heterocycles. The van der Waals surface area contributed by atoms with Crippen LogP contribution >= 0.6 is 7.67 Å². The Hall–Kier alpha value is -3.66. The number of nitrogens with two attached hydrogens (primary N) is 1.